The lowest BCUT2D eigenvalue weighted by atomic mass is 10.1. The zero-order valence-electron chi connectivity index (χ0n) is 20.6. The molecule has 4 aromatic rings. The van der Waals surface area contributed by atoms with E-state index in [1.807, 2.05) is 72.8 Å². The maximum Gasteiger partial charge on any atom is 0.335 e. The fourth-order valence-electron chi connectivity index (χ4n) is 2.91. The van der Waals surface area contributed by atoms with Crippen molar-refractivity contribution in [1.82, 2.24) is 0 Å². The molecule has 0 fully saturated rings. The first-order valence-electron chi connectivity index (χ1n) is 11.7. The number of rotatable bonds is 7. The Balaban J connectivity index is 0.000000204. The number of aliphatic hydroxyl groups excluding tert-OH is 2. The van der Waals surface area contributed by atoms with E-state index in [1.165, 1.54) is 22.3 Å². The largest absolute Gasteiger partial charge is 0.479 e. The van der Waals surface area contributed by atoms with Crippen LogP contribution in [0.2, 0.25) is 0 Å². The van der Waals surface area contributed by atoms with Crippen LogP contribution in [0.25, 0.3) is 24.3 Å². The molecule has 0 heterocycles. The summed E-state index contributed by atoms with van der Waals surface area (Å²) in [5.41, 5.74) is 4.93. The van der Waals surface area contributed by atoms with Crippen LogP contribution in [0.3, 0.4) is 0 Å². The second kappa shape index (κ2) is 16.8. The van der Waals surface area contributed by atoms with E-state index >= 15 is 0 Å². The molecule has 0 saturated carbocycles. The Morgan fingerprint density at radius 1 is 0.421 bits per heavy atom. The van der Waals surface area contributed by atoms with Gasteiger partial charge in [-0.2, -0.15) is 0 Å². The van der Waals surface area contributed by atoms with Crippen molar-refractivity contribution in [2.45, 2.75) is 12.2 Å². The van der Waals surface area contributed by atoms with Gasteiger partial charge in [-0.15, -0.1) is 0 Å². The van der Waals surface area contributed by atoms with Gasteiger partial charge in [0.15, 0.2) is 12.2 Å². The highest BCUT2D eigenvalue weighted by Gasteiger charge is 2.29. The van der Waals surface area contributed by atoms with E-state index in [-0.39, 0.29) is 0 Å². The first-order valence-corrected chi connectivity index (χ1v) is 11.7. The second-order valence-corrected chi connectivity index (χ2v) is 7.88. The Labute approximate surface area is 222 Å². The van der Waals surface area contributed by atoms with Gasteiger partial charge in [0.05, 0.1) is 0 Å². The lowest BCUT2D eigenvalue weighted by Crippen LogP contribution is -2.39. The van der Waals surface area contributed by atoms with E-state index in [2.05, 4.69) is 72.8 Å². The van der Waals surface area contributed by atoms with Gasteiger partial charge in [0.2, 0.25) is 0 Å². The van der Waals surface area contributed by atoms with Crippen LogP contribution in [0.5, 0.6) is 0 Å². The first-order chi connectivity index (χ1) is 18.4. The predicted molar refractivity (Wildman–Crippen MR) is 151 cm³/mol. The Hall–Kier alpha value is -4.78. The SMILES string of the molecule is C(=Cc1ccccc1)c1ccccc1.C(=Cc1ccccc1)c1ccccc1.O=C(O)C(O)C(O)C(=O)O. The Bertz CT molecular complexity index is 1080. The zero-order valence-corrected chi connectivity index (χ0v) is 20.6. The molecule has 0 aromatic heterocycles. The fraction of sp³-hybridized carbons (Fsp3) is 0.0625. The van der Waals surface area contributed by atoms with Crippen molar-refractivity contribution in [2.75, 3.05) is 0 Å². The van der Waals surface area contributed by atoms with Gasteiger partial charge >= 0.3 is 11.9 Å². The van der Waals surface area contributed by atoms with Crippen LogP contribution < -0.4 is 0 Å². The predicted octanol–water partition coefficient (Wildman–Crippen LogP) is 5.59. The van der Waals surface area contributed by atoms with Crippen molar-refractivity contribution in [1.29, 1.82) is 0 Å². The summed E-state index contributed by atoms with van der Waals surface area (Å²) in [6.45, 7) is 0. The number of benzene rings is 4. The third kappa shape index (κ3) is 11.8. The van der Waals surface area contributed by atoms with Crippen molar-refractivity contribution in [3.05, 3.63) is 144 Å². The molecule has 0 saturated heterocycles. The maximum absolute atomic E-state index is 9.77. The molecule has 6 heteroatoms. The van der Waals surface area contributed by atoms with Crippen LogP contribution in [0.15, 0.2) is 121 Å². The van der Waals surface area contributed by atoms with Gasteiger partial charge in [-0.1, -0.05) is 146 Å². The molecule has 0 aliphatic carbocycles. The van der Waals surface area contributed by atoms with Crippen molar-refractivity contribution in [3.63, 3.8) is 0 Å². The lowest BCUT2D eigenvalue weighted by Gasteiger charge is -2.07. The quantitative estimate of drug-likeness (QED) is 0.241. The van der Waals surface area contributed by atoms with Gasteiger partial charge in [0.1, 0.15) is 0 Å². The minimum atomic E-state index is -2.27. The summed E-state index contributed by atoms with van der Waals surface area (Å²) >= 11 is 0. The summed E-state index contributed by atoms with van der Waals surface area (Å²) in [5.74, 6) is -3.54. The molecule has 6 nitrogen and oxygen atoms in total. The summed E-state index contributed by atoms with van der Waals surface area (Å²) < 4.78 is 0. The van der Waals surface area contributed by atoms with Gasteiger partial charge in [-0.3, -0.25) is 0 Å². The van der Waals surface area contributed by atoms with E-state index in [0.29, 0.717) is 0 Å². The third-order valence-electron chi connectivity index (χ3n) is 4.94. The average molecular weight is 511 g/mol. The van der Waals surface area contributed by atoms with Crippen molar-refractivity contribution in [3.8, 4) is 0 Å². The van der Waals surface area contributed by atoms with E-state index in [1.54, 1.807) is 0 Å². The molecule has 38 heavy (non-hydrogen) atoms. The normalized spacial score (nSPS) is 11.9. The summed E-state index contributed by atoms with van der Waals surface area (Å²) in [7, 11) is 0. The molecule has 4 N–H and O–H groups in total. The molecule has 0 aliphatic rings. The van der Waals surface area contributed by atoms with Gasteiger partial charge in [0.25, 0.3) is 0 Å². The summed E-state index contributed by atoms with van der Waals surface area (Å²) in [5, 5.41) is 32.5. The molecule has 2 unspecified atom stereocenters. The number of hydrogen-bond acceptors (Lipinski definition) is 4. The highest BCUT2D eigenvalue weighted by atomic mass is 16.4. The van der Waals surface area contributed by atoms with Crippen molar-refractivity contribution < 1.29 is 30.0 Å². The molecule has 0 spiro atoms. The number of hydrogen-bond donors (Lipinski definition) is 4. The monoisotopic (exact) mass is 510 g/mol. The Morgan fingerprint density at radius 2 is 0.605 bits per heavy atom. The van der Waals surface area contributed by atoms with E-state index < -0.39 is 24.1 Å². The number of carbonyl (C=O) groups is 2. The molecular weight excluding hydrogens is 480 g/mol. The minimum absolute atomic E-state index is 1.23. The molecule has 4 rings (SSSR count). The highest BCUT2D eigenvalue weighted by Crippen LogP contribution is 2.08. The molecule has 194 valence electrons. The smallest absolute Gasteiger partial charge is 0.335 e. The second-order valence-electron chi connectivity index (χ2n) is 7.88. The van der Waals surface area contributed by atoms with E-state index in [4.69, 9.17) is 20.4 Å². The molecule has 2 atom stereocenters. The van der Waals surface area contributed by atoms with Crippen LogP contribution >= 0.6 is 0 Å². The Kier molecular flexibility index (Phi) is 13.0. The maximum atomic E-state index is 9.77. The third-order valence-corrected chi connectivity index (χ3v) is 4.94. The molecule has 0 bridgehead atoms. The summed E-state index contributed by atoms with van der Waals surface area (Å²) in [6.07, 6.45) is 3.95. The van der Waals surface area contributed by atoms with Gasteiger partial charge in [-0.05, 0) is 22.3 Å². The topological polar surface area (TPSA) is 115 Å². The average Bonchev–Trinajstić information content (AvgIpc) is 2.97. The lowest BCUT2D eigenvalue weighted by molar-refractivity contribution is -0.165. The van der Waals surface area contributed by atoms with Crippen LogP contribution in [-0.2, 0) is 9.59 Å². The molecule has 4 aromatic carbocycles. The van der Waals surface area contributed by atoms with E-state index in [0.717, 1.165) is 0 Å². The standard InChI is InChI=1S/2C14H12.C4H6O6/c2*1-3-7-13(8-4-1)11-12-14-9-5-2-6-10-14;5-1(3(7)8)2(6)4(9)10/h2*1-12H;1-2,5-6H,(H,7,8)(H,9,10). The molecule has 0 radical (unpaired) electrons. The minimum Gasteiger partial charge on any atom is -0.479 e. The van der Waals surface area contributed by atoms with E-state index in [9.17, 15) is 9.59 Å². The van der Waals surface area contributed by atoms with Crippen LogP contribution in [-0.4, -0.2) is 44.6 Å². The summed E-state index contributed by atoms with van der Waals surface area (Å²) in [4.78, 5) is 19.5. The molecule has 0 aliphatic heterocycles. The molecular formula is C32H30O6. The van der Waals surface area contributed by atoms with Crippen molar-refractivity contribution in [2.24, 2.45) is 0 Å². The fourth-order valence-corrected chi connectivity index (χ4v) is 2.91. The van der Waals surface area contributed by atoms with Gasteiger partial charge < -0.3 is 20.4 Å². The number of carboxylic acids is 2. The van der Waals surface area contributed by atoms with Crippen molar-refractivity contribution >= 4 is 36.2 Å². The molecule has 0 amide bonds. The van der Waals surface area contributed by atoms with Gasteiger partial charge in [0, 0.05) is 0 Å². The Morgan fingerprint density at radius 3 is 0.763 bits per heavy atom. The van der Waals surface area contributed by atoms with Crippen LogP contribution in [0.1, 0.15) is 22.3 Å². The zero-order chi connectivity index (χ0) is 27.6. The summed E-state index contributed by atoms with van der Waals surface area (Å²) in [6, 6.07) is 41.3. The van der Waals surface area contributed by atoms with Gasteiger partial charge in [-0.25, -0.2) is 9.59 Å². The highest BCUT2D eigenvalue weighted by molar-refractivity contribution is 5.83. The number of carboxylic acid groups (broad SMARTS) is 2. The number of aliphatic hydroxyl groups is 2. The number of aliphatic carboxylic acids is 2. The first kappa shape index (κ1) is 29.5. The van der Waals surface area contributed by atoms with Crippen LogP contribution in [0, 0.1) is 0 Å². The van der Waals surface area contributed by atoms with Crippen LogP contribution in [0.4, 0.5) is 0 Å².